The van der Waals surface area contributed by atoms with Gasteiger partial charge in [-0.05, 0) is 37.0 Å². The summed E-state index contributed by atoms with van der Waals surface area (Å²) >= 11 is 0. The standard InChI is InChI=1S/C35H55N7O7/c1-6-23(5)29(41-32(45)26(19-22(3)4)39-33(46)28-21-36-13-14-37-28)34(47)40-27(20-24-11-9-8-10-12-24)31(44)38-25(7-2)30(43)35(48)42-15-17-49-18-16-42/h13-14,21-27,29H,6-12,15-20H2,1-5H3,(H,38,44)(H,39,46)(H,40,47)(H,41,45)/t23?,25?,26-,27-,29-/m0/s1. The number of hydrogen-bond acceptors (Lipinski definition) is 9. The van der Waals surface area contributed by atoms with Gasteiger partial charge in [-0.3, -0.25) is 33.8 Å². The highest BCUT2D eigenvalue weighted by molar-refractivity contribution is 6.38. The fourth-order valence-corrected chi connectivity index (χ4v) is 6.25. The van der Waals surface area contributed by atoms with E-state index in [2.05, 4.69) is 31.2 Å². The number of morpholine rings is 1. The van der Waals surface area contributed by atoms with Crippen LogP contribution >= 0.6 is 0 Å². The van der Waals surface area contributed by atoms with Gasteiger partial charge >= 0.3 is 0 Å². The Kier molecular flexibility index (Phi) is 16.0. The Morgan fingerprint density at radius 2 is 1.47 bits per heavy atom. The zero-order valence-corrected chi connectivity index (χ0v) is 29.7. The maximum Gasteiger partial charge on any atom is 0.292 e. The van der Waals surface area contributed by atoms with Crippen molar-refractivity contribution in [1.29, 1.82) is 0 Å². The number of carbonyl (C=O) groups is 6. The van der Waals surface area contributed by atoms with Gasteiger partial charge in [-0.15, -0.1) is 0 Å². The zero-order chi connectivity index (χ0) is 35.9. The number of aromatic nitrogens is 2. The Bertz CT molecular complexity index is 1270. The van der Waals surface area contributed by atoms with Crippen LogP contribution in [0.4, 0.5) is 0 Å². The molecule has 5 atom stereocenters. The van der Waals surface area contributed by atoms with Gasteiger partial charge < -0.3 is 30.9 Å². The van der Waals surface area contributed by atoms with E-state index in [1.807, 2.05) is 27.7 Å². The average molecular weight is 686 g/mol. The van der Waals surface area contributed by atoms with E-state index in [1.165, 1.54) is 23.5 Å². The van der Waals surface area contributed by atoms with E-state index in [0.717, 1.165) is 32.1 Å². The predicted octanol–water partition coefficient (Wildman–Crippen LogP) is 1.93. The summed E-state index contributed by atoms with van der Waals surface area (Å²) in [4.78, 5) is 89.9. The SMILES string of the molecule is CCC(NC(=O)[C@H](CC1CCCCC1)NC(=O)[C@@H](NC(=O)[C@H](CC(C)C)NC(=O)c1cnccn1)C(C)CC)C(=O)C(=O)N1CCOCC1. The van der Waals surface area contributed by atoms with Gasteiger partial charge in [0.1, 0.15) is 23.8 Å². The van der Waals surface area contributed by atoms with Gasteiger partial charge in [-0.1, -0.05) is 73.1 Å². The molecular weight excluding hydrogens is 630 g/mol. The van der Waals surface area contributed by atoms with Crippen LogP contribution in [0.3, 0.4) is 0 Å². The summed E-state index contributed by atoms with van der Waals surface area (Å²) < 4.78 is 5.29. The van der Waals surface area contributed by atoms with Gasteiger partial charge in [-0.2, -0.15) is 0 Å². The molecule has 0 radical (unpaired) electrons. The molecule has 0 aromatic carbocycles. The highest BCUT2D eigenvalue weighted by atomic mass is 16.5. The van der Waals surface area contributed by atoms with Crippen molar-refractivity contribution in [2.45, 2.75) is 117 Å². The molecule has 14 nitrogen and oxygen atoms in total. The molecule has 0 bridgehead atoms. The highest BCUT2D eigenvalue weighted by Gasteiger charge is 2.36. The van der Waals surface area contributed by atoms with Crippen molar-refractivity contribution in [2.75, 3.05) is 26.3 Å². The van der Waals surface area contributed by atoms with Gasteiger partial charge in [0.25, 0.3) is 11.8 Å². The number of hydrogen-bond donors (Lipinski definition) is 4. The molecule has 5 amide bonds. The lowest BCUT2D eigenvalue weighted by atomic mass is 9.84. The quantitative estimate of drug-likeness (QED) is 0.178. The second-order valence-electron chi connectivity index (χ2n) is 13.7. The third kappa shape index (κ3) is 12.2. The molecule has 14 heteroatoms. The van der Waals surface area contributed by atoms with Crippen LogP contribution in [0.25, 0.3) is 0 Å². The lowest BCUT2D eigenvalue weighted by Gasteiger charge is -2.31. The van der Waals surface area contributed by atoms with Crippen LogP contribution in [0.15, 0.2) is 18.6 Å². The Morgan fingerprint density at radius 3 is 2.06 bits per heavy atom. The highest BCUT2D eigenvalue weighted by Crippen LogP contribution is 2.27. The molecule has 1 aromatic rings. The van der Waals surface area contributed by atoms with E-state index in [1.54, 1.807) is 6.92 Å². The number of rotatable bonds is 17. The van der Waals surface area contributed by atoms with Crippen LogP contribution in [0.1, 0.15) is 103 Å². The molecule has 1 aliphatic heterocycles. The summed E-state index contributed by atoms with van der Waals surface area (Å²) in [6.45, 7) is 10.6. The van der Waals surface area contributed by atoms with Crippen molar-refractivity contribution in [2.24, 2.45) is 17.8 Å². The third-order valence-corrected chi connectivity index (χ3v) is 9.40. The monoisotopic (exact) mass is 685 g/mol. The second kappa shape index (κ2) is 19.9. The Labute approximate surface area is 289 Å². The molecule has 2 unspecified atom stereocenters. The number of ether oxygens (including phenoxy) is 1. The van der Waals surface area contributed by atoms with Crippen LogP contribution in [0.2, 0.25) is 0 Å². The lowest BCUT2D eigenvalue weighted by Crippen LogP contribution is -2.60. The van der Waals surface area contributed by atoms with Crippen molar-refractivity contribution >= 4 is 35.3 Å². The van der Waals surface area contributed by atoms with Crippen LogP contribution in [0.5, 0.6) is 0 Å². The van der Waals surface area contributed by atoms with E-state index < -0.39 is 59.5 Å². The summed E-state index contributed by atoms with van der Waals surface area (Å²) in [5.74, 6) is -3.61. The summed E-state index contributed by atoms with van der Waals surface area (Å²) in [5, 5.41) is 11.2. The van der Waals surface area contributed by atoms with Crippen LogP contribution in [-0.4, -0.2) is 101 Å². The van der Waals surface area contributed by atoms with E-state index in [0.29, 0.717) is 45.6 Å². The predicted molar refractivity (Wildman–Crippen MR) is 182 cm³/mol. The number of carbonyl (C=O) groups excluding carboxylic acids is 6. The van der Waals surface area contributed by atoms with E-state index in [4.69, 9.17) is 4.74 Å². The topological polar surface area (TPSA) is 189 Å². The molecule has 2 aliphatic rings. The van der Waals surface area contributed by atoms with Gasteiger partial charge in [0.2, 0.25) is 23.5 Å². The summed E-state index contributed by atoms with van der Waals surface area (Å²) in [6.07, 6.45) is 10.6. The lowest BCUT2D eigenvalue weighted by molar-refractivity contribution is -0.149. The number of amides is 5. The molecule has 3 rings (SSSR count). The summed E-state index contributed by atoms with van der Waals surface area (Å²) in [6, 6.07) is -3.99. The van der Waals surface area contributed by atoms with Gasteiger partial charge in [0.05, 0.1) is 25.5 Å². The fraction of sp³-hybridized carbons (Fsp3) is 0.714. The van der Waals surface area contributed by atoms with Crippen molar-refractivity contribution in [3.8, 4) is 0 Å². The molecule has 1 aromatic heterocycles. The normalized spacial score (nSPS) is 18.4. The molecule has 1 saturated heterocycles. The molecule has 272 valence electrons. The number of Topliss-reactive ketones (excluding diaryl/α,β-unsaturated/α-hetero) is 1. The molecular formula is C35H55N7O7. The van der Waals surface area contributed by atoms with E-state index >= 15 is 0 Å². The van der Waals surface area contributed by atoms with Gasteiger partial charge in [0.15, 0.2) is 0 Å². The molecule has 2 fully saturated rings. The van der Waals surface area contributed by atoms with Crippen molar-refractivity contribution in [3.63, 3.8) is 0 Å². The van der Waals surface area contributed by atoms with Crippen molar-refractivity contribution < 1.29 is 33.5 Å². The number of nitrogens with one attached hydrogen (secondary N) is 4. The molecule has 0 spiro atoms. The van der Waals surface area contributed by atoms with Gasteiger partial charge in [0, 0.05) is 25.5 Å². The third-order valence-electron chi connectivity index (χ3n) is 9.40. The second-order valence-corrected chi connectivity index (χ2v) is 13.7. The summed E-state index contributed by atoms with van der Waals surface area (Å²) in [7, 11) is 0. The van der Waals surface area contributed by atoms with Crippen LogP contribution in [-0.2, 0) is 28.7 Å². The number of nitrogens with zero attached hydrogens (tertiary/aromatic N) is 3. The average Bonchev–Trinajstić information content (AvgIpc) is 3.11. The molecule has 4 N–H and O–H groups in total. The van der Waals surface area contributed by atoms with E-state index in [-0.39, 0.29) is 29.9 Å². The van der Waals surface area contributed by atoms with Crippen LogP contribution in [0, 0.1) is 17.8 Å². The number of ketones is 1. The first-order valence-electron chi connectivity index (χ1n) is 17.8. The minimum Gasteiger partial charge on any atom is -0.378 e. The first kappa shape index (κ1) is 39.5. The first-order valence-corrected chi connectivity index (χ1v) is 17.8. The Morgan fingerprint density at radius 1 is 0.816 bits per heavy atom. The first-order chi connectivity index (χ1) is 23.4. The smallest absolute Gasteiger partial charge is 0.292 e. The molecule has 1 aliphatic carbocycles. The molecule has 1 saturated carbocycles. The maximum atomic E-state index is 14.0. The van der Waals surface area contributed by atoms with E-state index in [9.17, 15) is 28.8 Å². The van der Waals surface area contributed by atoms with Crippen LogP contribution < -0.4 is 21.3 Å². The summed E-state index contributed by atoms with van der Waals surface area (Å²) in [5.41, 5.74) is 0.0624. The van der Waals surface area contributed by atoms with Crippen molar-refractivity contribution in [1.82, 2.24) is 36.1 Å². The minimum absolute atomic E-state index is 0.0432. The molecule has 2 heterocycles. The Hall–Kier alpha value is -3.94. The van der Waals surface area contributed by atoms with Crippen molar-refractivity contribution in [3.05, 3.63) is 24.3 Å². The fourth-order valence-electron chi connectivity index (χ4n) is 6.25. The minimum atomic E-state index is -1.05. The maximum absolute atomic E-state index is 14.0. The molecule has 49 heavy (non-hydrogen) atoms. The largest absolute Gasteiger partial charge is 0.378 e. The Balaban J connectivity index is 1.78. The van der Waals surface area contributed by atoms with Gasteiger partial charge in [-0.25, -0.2) is 4.98 Å². The zero-order valence-electron chi connectivity index (χ0n) is 29.7.